The van der Waals surface area contributed by atoms with Gasteiger partial charge in [0, 0.05) is 6.54 Å². The first-order chi connectivity index (χ1) is 8.81. The second kappa shape index (κ2) is 5.12. The number of piperidine rings is 1. The molecule has 0 aromatic rings. The summed E-state index contributed by atoms with van der Waals surface area (Å²) in [5.74, 6) is -0.207. The third kappa shape index (κ3) is 3.08. The van der Waals surface area contributed by atoms with Crippen molar-refractivity contribution in [1.29, 1.82) is 0 Å². The molecule has 5 heteroatoms. The molecule has 0 radical (unpaired) electrons. The largest absolute Gasteiger partial charge is 0.469 e. The van der Waals surface area contributed by atoms with Crippen LogP contribution < -0.4 is 0 Å². The predicted octanol–water partition coefficient (Wildman–Crippen LogP) is 1.21. The van der Waals surface area contributed by atoms with Crippen LogP contribution in [-0.2, 0) is 19.1 Å². The average Bonchev–Trinajstić information content (AvgIpc) is 2.57. The molecular weight excluding hydrogens is 246 g/mol. The zero-order valence-electron chi connectivity index (χ0n) is 12.1. The summed E-state index contributed by atoms with van der Waals surface area (Å²) in [7, 11) is 1.42. The van der Waals surface area contributed by atoms with Gasteiger partial charge in [-0.2, -0.15) is 0 Å². The van der Waals surface area contributed by atoms with Crippen LogP contribution in [0.5, 0.6) is 0 Å². The summed E-state index contributed by atoms with van der Waals surface area (Å²) in [6.07, 6.45) is 1.69. The highest BCUT2D eigenvalue weighted by Crippen LogP contribution is 2.37. The van der Waals surface area contributed by atoms with Crippen molar-refractivity contribution >= 4 is 11.9 Å². The lowest BCUT2D eigenvalue weighted by molar-refractivity contribution is -0.166. The minimum absolute atomic E-state index is 0.101. The Hall–Kier alpha value is -1.10. The molecule has 2 heterocycles. The van der Waals surface area contributed by atoms with E-state index in [9.17, 15) is 9.59 Å². The molecule has 108 valence electrons. The van der Waals surface area contributed by atoms with Crippen LogP contribution in [0, 0.1) is 11.8 Å². The van der Waals surface area contributed by atoms with E-state index in [4.69, 9.17) is 9.47 Å². The molecule has 5 nitrogen and oxygen atoms in total. The third-order valence-electron chi connectivity index (χ3n) is 3.85. The molecule has 0 aromatic heterocycles. The second-order valence-corrected chi connectivity index (χ2v) is 6.48. The fraction of sp³-hybridized carbons (Fsp3) is 0.857. The number of ether oxygens (including phenoxy) is 2. The highest BCUT2D eigenvalue weighted by Gasteiger charge is 2.48. The molecule has 2 bridgehead atoms. The molecule has 4 unspecified atom stereocenters. The van der Waals surface area contributed by atoms with Crippen molar-refractivity contribution in [3.05, 3.63) is 0 Å². The van der Waals surface area contributed by atoms with Gasteiger partial charge in [-0.1, -0.05) is 0 Å². The van der Waals surface area contributed by atoms with Crippen molar-refractivity contribution in [1.82, 2.24) is 4.90 Å². The molecule has 0 N–H and O–H groups in total. The van der Waals surface area contributed by atoms with Crippen LogP contribution in [0.4, 0.5) is 0 Å². The van der Waals surface area contributed by atoms with E-state index in [1.807, 2.05) is 20.8 Å². The highest BCUT2D eigenvalue weighted by atomic mass is 16.6. The number of carbonyl (C=O) groups is 2. The Bertz CT molecular complexity index is 360. The first-order valence-electron chi connectivity index (χ1n) is 6.86. The van der Waals surface area contributed by atoms with Crippen molar-refractivity contribution in [3.8, 4) is 0 Å². The number of fused-ring (bicyclic) bond motifs is 2. The lowest BCUT2D eigenvalue weighted by Crippen LogP contribution is -2.50. The van der Waals surface area contributed by atoms with Gasteiger partial charge in [-0.05, 0) is 46.1 Å². The minimum atomic E-state index is -0.461. The van der Waals surface area contributed by atoms with Crippen LogP contribution in [0.25, 0.3) is 0 Å². The van der Waals surface area contributed by atoms with Gasteiger partial charge in [-0.3, -0.25) is 14.5 Å². The summed E-state index contributed by atoms with van der Waals surface area (Å²) < 4.78 is 10.3. The number of esters is 2. The van der Waals surface area contributed by atoms with E-state index in [1.54, 1.807) is 0 Å². The van der Waals surface area contributed by atoms with E-state index >= 15 is 0 Å². The van der Waals surface area contributed by atoms with Gasteiger partial charge in [0.1, 0.15) is 11.6 Å². The van der Waals surface area contributed by atoms with E-state index in [1.165, 1.54) is 7.11 Å². The van der Waals surface area contributed by atoms with Gasteiger partial charge in [0.25, 0.3) is 0 Å². The maximum absolute atomic E-state index is 12.2. The minimum Gasteiger partial charge on any atom is -0.469 e. The van der Waals surface area contributed by atoms with Crippen molar-refractivity contribution < 1.29 is 19.1 Å². The van der Waals surface area contributed by atoms with Crippen LogP contribution in [-0.4, -0.2) is 48.7 Å². The SMILES string of the molecule is COC(=O)C1CC2CCN(C1)C2C(=O)OC(C)(C)C. The van der Waals surface area contributed by atoms with Crippen molar-refractivity contribution in [3.63, 3.8) is 0 Å². The van der Waals surface area contributed by atoms with Crippen LogP contribution >= 0.6 is 0 Å². The molecular formula is C14H23NO4. The normalized spacial score (nSPS) is 33.9. The summed E-state index contributed by atoms with van der Waals surface area (Å²) in [5, 5.41) is 0. The molecule has 4 atom stereocenters. The third-order valence-corrected chi connectivity index (χ3v) is 3.85. The molecule has 19 heavy (non-hydrogen) atoms. The summed E-state index contributed by atoms with van der Waals surface area (Å²) in [5.41, 5.74) is -0.461. The van der Waals surface area contributed by atoms with Crippen LogP contribution in [0.15, 0.2) is 0 Å². The van der Waals surface area contributed by atoms with E-state index in [0.717, 1.165) is 19.4 Å². The Labute approximate surface area is 114 Å². The smallest absolute Gasteiger partial charge is 0.324 e. The van der Waals surface area contributed by atoms with Gasteiger partial charge in [-0.25, -0.2) is 0 Å². The van der Waals surface area contributed by atoms with Crippen molar-refractivity contribution in [2.45, 2.75) is 45.3 Å². The van der Waals surface area contributed by atoms with E-state index < -0.39 is 5.60 Å². The maximum Gasteiger partial charge on any atom is 0.324 e. The van der Waals surface area contributed by atoms with Crippen LogP contribution in [0.3, 0.4) is 0 Å². The quantitative estimate of drug-likeness (QED) is 0.705. The molecule has 2 aliphatic heterocycles. The number of carbonyl (C=O) groups excluding carboxylic acids is 2. The highest BCUT2D eigenvalue weighted by molar-refractivity contribution is 5.78. The summed E-state index contributed by atoms with van der Waals surface area (Å²) in [6.45, 7) is 7.10. The monoisotopic (exact) mass is 269 g/mol. The van der Waals surface area contributed by atoms with Gasteiger partial charge in [-0.15, -0.1) is 0 Å². The van der Waals surface area contributed by atoms with Gasteiger partial charge in [0.15, 0.2) is 0 Å². The maximum atomic E-state index is 12.2. The molecule has 0 saturated carbocycles. The van der Waals surface area contributed by atoms with Crippen molar-refractivity contribution in [2.24, 2.45) is 11.8 Å². The Kier molecular flexibility index (Phi) is 3.85. The lowest BCUT2D eigenvalue weighted by atomic mass is 9.85. The Balaban J connectivity index is 2.03. The van der Waals surface area contributed by atoms with Gasteiger partial charge < -0.3 is 9.47 Å². The van der Waals surface area contributed by atoms with Crippen LogP contribution in [0.2, 0.25) is 0 Å². The van der Waals surface area contributed by atoms with Crippen LogP contribution in [0.1, 0.15) is 33.6 Å². The predicted molar refractivity (Wildman–Crippen MR) is 69.4 cm³/mol. The summed E-state index contributed by atoms with van der Waals surface area (Å²) >= 11 is 0. The fourth-order valence-electron chi connectivity index (χ4n) is 3.14. The van der Waals surface area contributed by atoms with Gasteiger partial charge >= 0.3 is 11.9 Å². The number of hydrogen-bond donors (Lipinski definition) is 0. The Morgan fingerprint density at radius 2 is 1.89 bits per heavy atom. The topological polar surface area (TPSA) is 55.8 Å². The molecule has 0 spiro atoms. The fourth-order valence-corrected chi connectivity index (χ4v) is 3.14. The number of hydrogen-bond acceptors (Lipinski definition) is 5. The molecule has 2 fully saturated rings. The van der Waals surface area contributed by atoms with Gasteiger partial charge in [0.05, 0.1) is 13.0 Å². The average molecular weight is 269 g/mol. The molecule has 2 aliphatic rings. The zero-order valence-corrected chi connectivity index (χ0v) is 12.1. The number of methoxy groups -OCH3 is 1. The molecule has 0 aromatic carbocycles. The Morgan fingerprint density at radius 3 is 2.42 bits per heavy atom. The molecule has 0 amide bonds. The molecule has 2 rings (SSSR count). The van der Waals surface area contributed by atoms with E-state index in [0.29, 0.717) is 6.54 Å². The van der Waals surface area contributed by atoms with Gasteiger partial charge in [0.2, 0.25) is 0 Å². The number of nitrogens with zero attached hydrogens (tertiary/aromatic N) is 1. The first-order valence-corrected chi connectivity index (χ1v) is 6.86. The second-order valence-electron chi connectivity index (χ2n) is 6.48. The zero-order chi connectivity index (χ0) is 14.2. The van der Waals surface area contributed by atoms with E-state index in [-0.39, 0.29) is 29.8 Å². The standard InChI is InChI=1S/C14H23NO4/c1-14(2,3)19-13(17)11-9-5-6-15(11)8-10(7-9)12(16)18-4/h9-11H,5-8H2,1-4H3. The summed E-state index contributed by atoms with van der Waals surface area (Å²) in [6, 6.07) is -0.180. The summed E-state index contributed by atoms with van der Waals surface area (Å²) in [4.78, 5) is 25.9. The molecule has 2 saturated heterocycles. The van der Waals surface area contributed by atoms with Crippen molar-refractivity contribution in [2.75, 3.05) is 20.2 Å². The number of rotatable bonds is 2. The first kappa shape index (κ1) is 14.3. The lowest BCUT2D eigenvalue weighted by Gasteiger charge is -2.36. The Morgan fingerprint density at radius 1 is 1.21 bits per heavy atom. The molecule has 0 aliphatic carbocycles. The van der Waals surface area contributed by atoms with E-state index in [2.05, 4.69) is 4.90 Å².